The summed E-state index contributed by atoms with van der Waals surface area (Å²) in [5, 5.41) is 11.4. The van der Waals surface area contributed by atoms with E-state index < -0.39 is 0 Å². The van der Waals surface area contributed by atoms with Gasteiger partial charge in [0.25, 0.3) is 0 Å². The molecule has 2 N–H and O–H groups in total. The monoisotopic (exact) mass is 332 g/mol. The lowest BCUT2D eigenvalue weighted by Gasteiger charge is -2.20. The molecule has 124 valence electrons. The SMILES string of the molecule is COc1ccc(Nc2nc(SCC3CCCCC3)n[nH]2)c(C)c1. The highest BCUT2D eigenvalue weighted by Crippen LogP contribution is 2.29. The summed E-state index contributed by atoms with van der Waals surface area (Å²) in [5.74, 6) is 3.49. The van der Waals surface area contributed by atoms with Gasteiger partial charge in [-0.15, -0.1) is 5.10 Å². The quantitative estimate of drug-likeness (QED) is 0.761. The van der Waals surface area contributed by atoms with E-state index in [1.807, 2.05) is 25.1 Å². The zero-order valence-electron chi connectivity index (χ0n) is 13.8. The van der Waals surface area contributed by atoms with Gasteiger partial charge in [0.05, 0.1) is 7.11 Å². The zero-order chi connectivity index (χ0) is 16.1. The molecule has 0 bridgehead atoms. The first-order valence-corrected chi connectivity index (χ1v) is 9.20. The highest BCUT2D eigenvalue weighted by atomic mass is 32.2. The molecule has 0 spiro atoms. The molecule has 1 heterocycles. The Kier molecular flexibility index (Phi) is 5.43. The first-order valence-electron chi connectivity index (χ1n) is 8.21. The molecule has 0 amide bonds. The zero-order valence-corrected chi connectivity index (χ0v) is 14.6. The topological polar surface area (TPSA) is 62.8 Å². The molecule has 0 aliphatic heterocycles. The lowest BCUT2D eigenvalue weighted by molar-refractivity contribution is 0.391. The van der Waals surface area contributed by atoms with Crippen LogP contribution in [0.1, 0.15) is 37.7 Å². The van der Waals surface area contributed by atoms with Gasteiger partial charge in [0.2, 0.25) is 11.1 Å². The molecule has 1 aliphatic rings. The molecule has 23 heavy (non-hydrogen) atoms. The van der Waals surface area contributed by atoms with Gasteiger partial charge in [-0.3, -0.25) is 0 Å². The molecular weight excluding hydrogens is 308 g/mol. The van der Waals surface area contributed by atoms with Crippen LogP contribution in [-0.4, -0.2) is 28.0 Å². The maximum absolute atomic E-state index is 5.23. The summed E-state index contributed by atoms with van der Waals surface area (Å²) < 4.78 is 5.23. The molecule has 0 saturated heterocycles. The number of hydrogen-bond donors (Lipinski definition) is 2. The van der Waals surface area contributed by atoms with Crippen molar-refractivity contribution < 1.29 is 4.74 Å². The number of aromatic amines is 1. The number of benzene rings is 1. The third-order valence-electron chi connectivity index (χ3n) is 4.32. The molecule has 0 unspecified atom stereocenters. The molecular formula is C17H24N4OS. The number of thioether (sulfide) groups is 1. The molecule has 1 aromatic carbocycles. The van der Waals surface area contributed by atoms with Crippen molar-refractivity contribution in [3.05, 3.63) is 23.8 Å². The molecule has 5 nitrogen and oxygen atoms in total. The number of rotatable bonds is 6. The number of aryl methyl sites for hydroxylation is 1. The van der Waals surface area contributed by atoms with Crippen molar-refractivity contribution >= 4 is 23.4 Å². The van der Waals surface area contributed by atoms with Gasteiger partial charge in [-0.2, -0.15) is 4.98 Å². The number of ether oxygens (including phenoxy) is 1. The van der Waals surface area contributed by atoms with E-state index >= 15 is 0 Å². The van der Waals surface area contributed by atoms with E-state index in [2.05, 4.69) is 20.5 Å². The van der Waals surface area contributed by atoms with Gasteiger partial charge in [0.1, 0.15) is 5.75 Å². The third kappa shape index (κ3) is 4.41. The maximum Gasteiger partial charge on any atom is 0.223 e. The van der Waals surface area contributed by atoms with E-state index in [0.717, 1.165) is 33.8 Å². The number of nitrogens with zero attached hydrogens (tertiary/aromatic N) is 2. The van der Waals surface area contributed by atoms with E-state index in [-0.39, 0.29) is 0 Å². The summed E-state index contributed by atoms with van der Waals surface area (Å²) in [7, 11) is 1.67. The summed E-state index contributed by atoms with van der Waals surface area (Å²) in [6.07, 6.45) is 6.86. The van der Waals surface area contributed by atoms with Crippen molar-refractivity contribution in [2.45, 2.75) is 44.2 Å². The normalized spacial score (nSPS) is 15.6. The predicted molar refractivity (Wildman–Crippen MR) is 94.7 cm³/mol. The van der Waals surface area contributed by atoms with Gasteiger partial charge in [-0.1, -0.05) is 31.0 Å². The van der Waals surface area contributed by atoms with Gasteiger partial charge < -0.3 is 10.1 Å². The molecule has 1 saturated carbocycles. The van der Waals surface area contributed by atoms with Crippen molar-refractivity contribution in [2.75, 3.05) is 18.2 Å². The Hall–Kier alpha value is -1.69. The summed E-state index contributed by atoms with van der Waals surface area (Å²) in [6, 6.07) is 5.92. The fourth-order valence-corrected chi connectivity index (χ4v) is 3.93. The van der Waals surface area contributed by atoms with Crippen LogP contribution in [0.2, 0.25) is 0 Å². The smallest absolute Gasteiger partial charge is 0.223 e. The highest BCUT2D eigenvalue weighted by Gasteiger charge is 2.15. The van der Waals surface area contributed by atoms with Gasteiger partial charge in [-0.05, 0) is 49.4 Å². The first kappa shape index (κ1) is 16.2. The van der Waals surface area contributed by atoms with Crippen LogP contribution in [0, 0.1) is 12.8 Å². The van der Waals surface area contributed by atoms with Crippen LogP contribution in [0.15, 0.2) is 23.4 Å². The summed E-state index contributed by atoms with van der Waals surface area (Å²) >= 11 is 1.76. The Labute approximate surface area is 141 Å². The molecule has 1 aromatic heterocycles. The number of aromatic nitrogens is 3. The minimum Gasteiger partial charge on any atom is -0.497 e. The maximum atomic E-state index is 5.23. The van der Waals surface area contributed by atoms with Gasteiger partial charge >= 0.3 is 0 Å². The third-order valence-corrected chi connectivity index (χ3v) is 5.40. The van der Waals surface area contributed by atoms with Gasteiger partial charge in [0.15, 0.2) is 0 Å². The average Bonchev–Trinajstić information content (AvgIpc) is 3.03. The van der Waals surface area contributed by atoms with Gasteiger partial charge in [-0.25, -0.2) is 5.10 Å². The summed E-state index contributed by atoms with van der Waals surface area (Å²) in [4.78, 5) is 4.53. The minimum atomic E-state index is 0.685. The molecule has 0 atom stereocenters. The van der Waals surface area contributed by atoms with Crippen molar-refractivity contribution in [1.82, 2.24) is 15.2 Å². The predicted octanol–water partition coefficient (Wildman–Crippen LogP) is 4.54. The Morgan fingerprint density at radius 1 is 1.30 bits per heavy atom. The van der Waals surface area contributed by atoms with Crippen LogP contribution in [0.5, 0.6) is 5.75 Å². The van der Waals surface area contributed by atoms with Crippen LogP contribution in [0.3, 0.4) is 0 Å². The molecule has 6 heteroatoms. The molecule has 1 fully saturated rings. The second kappa shape index (κ2) is 7.73. The molecule has 2 aromatic rings. The van der Waals surface area contributed by atoms with Crippen molar-refractivity contribution in [3.63, 3.8) is 0 Å². The standard InChI is InChI=1S/C17H24N4OS/c1-12-10-14(22-2)8-9-15(12)18-16-19-17(21-20-16)23-11-13-6-4-3-5-7-13/h8-10,13H,3-7,11H2,1-2H3,(H2,18,19,20,21). The number of nitrogens with one attached hydrogen (secondary N) is 2. The van der Waals surface area contributed by atoms with Crippen molar-refractivity contribution in [1.29, 1.82) is 0 Å². The lowest BCUT2D eigenvalue weighted by atomic mass is 9.91. The fraction of sp³-hybridized carbons (Fsp3) is 0.529. The first-order chi connectivity index (χ1) is 11.2. The highest BCUT2D eigenvalue weighted by molar-refractivity contribution is 7.99. The van der Waals surface area contributed by atoms with Crippen LogP contribution in [0.4, 0.5) is 11.6 Å². The molecule has 1 aliphatic carbocycles. The van der Waals surface area contributed by atoms with Crippen LogP contribution in [-0.2, 0) is 0 Å². The Morgan fingerprint density at radius 3 is 2.87 bits per heavy atom. The van der Waals surface area contributed by atoms with Crippen LogP contribution in [0.25, 0.3) is 0 Å². The largest absolute Gasteiger partial charge is 0.497 e. The Bertz CT molecular complexity index is 637. The van der Waals surface area contributed by atoms with Crippen molar-refractivity contribution in [3.8, 4) is 5.75 Å². The number of H-pyrrole nitrogens is 1. The summed E-state index contributed by atoms with van der Waals surface area (Å²) in [5.41, 5.74) is 2.11. The minimum absolute atomic E-state index is 0.685. The molecule has 3 rings (SSSR count). The van der Waals surface area contributed by atoms with E-state index in [4.69, 9.17) is 4.74 Å². The van der Waals surface area contributed by atoms with E-state index in [1.165, 1.54) is 32.1 Å². The summed E-state index contributed by atoms with van der Waals surface area (Å²) in [6.45, 7) is 2.04. The van der Waals surface area contributed by atoms with Crippen molar-refractivity contribution in [2.24, 2.45) is 5.92 Å². The molecule has 0 radical (unpaired) electrons. The van der Waals surface area contributed by atoms with Gasteiger partial charge in [0, 0.05) is 11.4 Å². The second-order valence-electron chi connectivity index (χ2n) is 6.09. The van der Waals surface area contributed by atoms with Crippen LogP contribution >= 0.6 is 11.8 Å². The van der Waals surface area contributed by atoms with E-state index in [9.17, 15) is 0 Å². The van der Waals surface area contributed by atoms with E-state index in [0.29, 0.717) is 5.95 Å². The number of anilines is 2. The van der Waals surface area contributed by atoms with E-state index in [1.54, 1.807) is 18.9 Å². The second-order valence-corrected chi connectivity index (χ2v) is 7.07. The van der Waals surface area contributed by atoms with Crippen LogP contribution < -0.4 is 10.1 Å². The Morgan fingerprint density at radius 2 is 2.13 bits per heavy atom. The fourth-order valence-electron chi connectivity index (χ4n) is 2.94. The Balaban J connectivity index is 1.56. The number of hydrogen-bond acceptors (Lipinski definition) is 5. The lowest BCUT2D eigenvalue weighted by Crippen LogP contribution is -2.08. The average molecular weight is 332 g/mol. The number of methoxy groups -OCH3 is 1.